The van der Waals surface area contributed by atoms with Gasteiger partial charge in [0, 0.05) is 10.6 Å². The maximum atomic E-state index is 15.2. The number of aryl methyl sites for hydroxylation is 3. The number of carbonyl (C=O) groups excluding carboxylic acids is 2. The standard InChI is InChI=1S/C35H24ClN3O4S/c1-18-8-4-5-9-21(18)17-38-26-11-7-6-10-24(26)35(33(38)42)29-30(40)23-14-19(2)20(3)15-27(23)43-31(29)32(41)39(35)34-37-25-13-12-22(36)16-28(25)44-34/h4-16H,17H2,1-3H3. The Hall–Kier alpha value is -4.79. The zero-order valence-electron chi connectivity index (χ0n) is 24.0. The lowest BCUT2D eigenvalue weighted by atomic mass is 9.84. The van der Waals surface area contributed by atoms with Crippen LogP contribution in [-0.2, 0) is 16.9 Å². The number of fused-ring (bicyclic) bond motifs is 6. The van der Waals surface area contributed by atoms with Crippen LogP contribution in [0.25, 0.3) is 21.2 Å². The summed E-state index contributed by atoms with van der Waals surface area (Å²) in [7, 11) is 0. The van der Waals surface area contributed by atoms with E-state index < -0.39 is 22.8 Å². The van der Waals surface area contributed by atoms with Gasteiger partial charge in [-0.25, -0.2) is 4.98 Å². The fourth-order valence-electron chi connectivity index (χ4n) is 6.51. The first kappa shape index (κ1) is 26.8. The number of aromatic nitrogens is 1. The molecule has 2 aliphatic rings. The molecule has 0 bridgehead atoms. The summed E-state index contributed by atoms with van der Waals surface area (Å²) in [6.45, 7) is 6.09. The molecule has 2 aliphatic heterocycles. The molecular weight excluding hydrogens is 594 g/mol. The minimum Gasteiger partial charge on any atom is -0.450 e. The van der Waals surface area contributed by atoms with Gasteiger partial charge in [0.25, 0.3) is 11.8 Å². The summed E-state index contributed by atoms with van der Waals surface area (Å²) in [5, 5.41) is 1.12. The maximum absolute atomic E-state index is 15.2. The third kappa shape index (κ3) is 3.49. The number of nitrogens with zero attached hydrogens (tertiary/aromatic N) is 3. The summed E-state index contributed by atoms with van der Waals surface area (Å²) in [5.74, 6) is -1.16. The zero-order valence-corrected chi connectivity index (χ0v) is 25.5. The van der Waals surface area contributed by atoms with Crippen molar-refractivity contribution in [2.24, 2.45) is 0 Å². The molecule has 1 atom stereocenters. The highest BCUT2D eigenvalue weighted by Crippen LogP contribution is 2.55. The Morgan fingerprint density at radius 2 is 1.64 bits per heavy atom. The van der Waals surface area contributed by atoms with Crippen molar-refractivity contribution in [2.45, 2.75) is 32.9 Å². The van der Waals surface area contributed by atoms with Crippen LogP contribution in [0.4, 0.5) is 10.8 Å². The average molecular weight is 618 g/mol. The van der Waals surface area contributed by atoms with E-state index in [2.05, 4.69) is 0 Å². The van der Waals surface area contributed by atoms with E-state index in [4.69, 9.17) is 21.0 Å². The molecule has 0 radical (unpaired) electrons. The van der Waals surface area contributed by atoms with Gasteiger partial charge in [-0.3, -0.25) is 19.3 Å². The van der Waals surface area contributed by atoms with Gasteiger partial charge < -0.3 is 9.32 Å². The van der Waals surface area contributed by atoms with Crippen molar-refractivity contribution in [3.05, 3.63) is 133 Å². The summed E-state index contributed by atoms with van der Waals surface area (Å²) in [6, 6.07) is 24.0. The normalized spacial score (nSPS) is 17.4. The first-order valence-corrected chi connectivity index (χ1v) is 15.3. The van der Waals surface area contributed by atoms with Crippen LogP contribution in [0.15, 0.2) is 88.1 Å². The molecule has 1 spiro atoms. The molecule has 7 nitrogen and oxygen atoms in total. The summed E-state index contributed by atoms with van der Waals surface area (Å²) < 4.78 is 7.04. The van der Waals surface area contributed by atoms with Crippen LogP contribution in [0.3, 0.4) is 0 Å². The zero-order chi connectivity index (χ0) is 30.5. The number of hydrogen-bond donors (Lipinski definition) is 0. The number of carbonyl (C=O) groups is 2. The lowest BCUT2D eigenvalue weighted by molar-refractivity contribution is -0.121. The van der Waals surface area contributed by atoms with Crippen LogP contribution in [0, 0.1) is 20.8 Å². The summed E-state index contributed by atoms with van der Waals surface area (Å²) >= 11 is 7.53. The quantitative estimate of drug-likeness (QED) is 0.206. The Kier molecular flexibility index (Phi) is 5.70. The van der Waals surface area contributed by atoms with Crippen molar-refractivity contribution in [3.63, 3.8) is 0 Å². The minimum absolute atomic E-state index is 0.0141. The van der Waals surface area contributed by atoms with Crippen LogP contribution in [0.1, 0.15) is 43.9 Å². The largest absolute Gasteiger partial charge is 0.450 e. The molecule has 0 saturated heterocycles. The minimum atomic E-state index is -1.82. The number of benzene rings is 4. The molecule has 2 aromatic heterocycles. The van der Waals surface area contributed by atoms with Crippen LogP contribution in [0.2, 0.25) is 5.02 Å². The Balaban J connectivity index is 1.47. The fraction of sp³-hybridized carbons (Fsp3) is 0.143. The van der Waals surface area contributed by atoms with Gasteiger partial charge in [0.05, 0.1) is 33.4 Å². The van der Waals surface area contributed by atoms with E-state index in [1.807, 2.05) is 69.3 Å². The smallest absolute Gasteiger partial charge is 0.297 e. The van der Waals surface area contributed by atoms with Crippen LogP contribution in [0.5, 0.6) is 0 Å². The number of rotatable bonds is 3. The molecular formula is C35H24ClN3O4S. The van der Waals surface area contributed by atoms with Crippen molar-refractivity contribution in [3.8, 4) is 0 Å². The van der Waals surface area contributed by atoms with Crippen LogP contribution < -0.4 is 15.2 Å². The fourth-order valence-corrected chi connectivity index (χ4v) is 7.81. The molecule has 44 heavy (non-hydrogen) atoms. The molecule has 2 amide bonds. The van der Waals surface area contributed by atoms with E-state index in [1.54, 1.807) is 35.2 Å². The topological polar surface area (TPSA) is 83.7 Å². The Labute approximate surface area is 260 Å². The second-order valence-electron chi connectivity index (χ2n) is 11.4. The van der Waals surface area contributed by atoms with E-state index in [1.165, 1.54) is 16.2 Å². The highest BCUT2D eigenvalue weighted by atomic mass is 35.5. The molecule has 6 aromatic rings. The lowest BCUT2D eigenvalue weighted by Gasteiger charge is -2.32. The van der Waals surface area contributed by atoms with Crippen LogP contribution in [-0.4, -0.2) is 16.8 Å². The summed E-state index contributed by atoms with van der Waals surface area (Å²) in [6.07, 6.45) is 0. The number of hydrogen-bond acceptors (Lipinski definition) is 6. The monoisotopic (exact) mass is 617 g/mol. The average Bonchev–Trinajstić information content (AvgIpc) is 3.61. The Bertz CT molecular complexity index is 2310. The third-order valence-electron chi connectivity index (χ3n) is 8.86. The van der Waals surface area contributed by atoms with Gasteiger partial charge in [0.1, 0.15) is 5.58 Å². The number of halogens is 1. The molecule has 0 fully saturated rings. The van der Waals surface area contributed by atoms with Crippen molar-refractivity contribution >= 4 is 66.8 Å². The molecule has 9 heteroatoms. The van der Waals surface area contributed by atoms with E-state index >= 15 is 4.79 Å². The van der Waals surface area contributed by atoms with Crippen molar-refractivity contribution in [1.82, 2.24) is 4.98 Å². The van der Waals surface area contributed by atoms with Gasteiger partial charge in [0.15, 0.2) is 16.1 Å². The van der Waals surface area contributed by atoms with E-state index in [-0.39, 0.29) is 23.0 Å². The Morgan fingerprint density at radius 1 is 0.886 bits per heavy atom. The lowest BCUT2D eigenvalue weighted by Crippen LogP contribution is -2.53. The van der Waals surface area contributed by atoms with E-state index in [0.29, 0.717) is 32.8 Å². The molecule has 1 unspecified atom stereocenters. The molecule has 4 aromatic carbocycles. The summed E-state index contributed by atoms with van der Waals surface area (Å²) in [5.41, 5.74) is 3.66. The second-order valence-corrected chi connectivity index (χ2v) is 12.8. The van der Waals surface area contributed by atoms with Crippen molar-refractivity contribution in [2.75, 3.05) is 9.80 Å². The SMILES string of the molecule is Cc1cc2oc3c(c(=O)c2cc1C)C1(C(=O)N(Cc2ccccc2C)c2ccccc21)N(c1nc2ccc(Cl)cc2s1)C3=O. The van der Waals surface area contributed by atoms with Crippen molar-refractivity contribution < 1.29 is 14.0 Å². The number of anilines is 2. The van der Waals surface area contributed by atoms with E-state index in [0.717, 1.165) is 27.0 Å². The number of amides is 2. The highest BCUT2D eigenvalue weighted by molar-refractivity contribution is 7.22. The van der Waals surface area contributed by atoms with Gasteiger partial charge in [-0.15, -0.1) is 0 Å². The Morgan fingerprint density at radius 3 is 2.45 bits per heavy atom. The predicted octanol–water partition coefficient (Wildman–Crippen LogP) is 7.43. The molecule has 8 rings (SSSR count). The molecule has 216 valence electrons. The maximum Gasteiger partial charge on any atom is 0.297 e. The van der Waals surface area contributed by atoms with Gasteiger partial charge in [-0.1, -0.05) is 65.4 Å². The number of thiazole rings is 1. The molecule has 0 N–H and O–H groups in total. The predicted molar refractivity (Wildman–Crippen MR) is 173 cm³/mol. The van der Waals surface area contributed by atoms with Gasteiger partial charge in [-0.2, -0.15) is 0 Å². The summed E-state index contributed by atoms with van der Waals surface area (Å²) in [4.78, 5) is 52.2. The van der Waals surface area contributed by atoms with Gasteiger partial charge in [0.2, 0.25) is 5.76 Å². The first-order valence-electron chi connectivity index (χ1n) is 14.2. The molecule has 0 saturated carbocycles. The molecule has 0 aliphatic carbocycles. The van der Waals surface area contributed by atoms with Gasteiger partial charge in [-0.05, 0) is 79.4 Å². The van der Waals surface area contributed by atoms with Crippen LogP contribution >= 0.6 is 22.9 Å². The third-order valence-corrected chi connectivity index (χ3v) is 10.1. The van der Waals surface area contributed by atoms with Gasteiger partial charge >= 0.3 is 0 Å². The van der Waals surface area contributed by atoms with E-state index in [9.17, 15) is 9.59 Å². The molecule has 4 heterocycles. The first-order chi connectivity index (χ1) is 21.2. The highest BCUT2D eigenvalue weighted by Gasteiger charge is 2.66. The number of para-hydroxylation sites is 1. The second kappa shape index (κ2) is 9.35. The van der Waals surface area contributed by atoms with Crippen molar-refractivity contribution in [1.29, 1.82) is 0 Å².